The van der Waals surface area contributed by atoms with E-state index in [2.05, 4.69) is 21.7 Å². The van der Waals surface area contributed by atoms with Crippen molar-refractivity contribution in [2.24, 2.45) is 0 Å². The summed E-state index contributed by atoms with van der Waals surface area (Å²) in [6.45, 7) is 3.07. The molecule has 1 aliphatic heterocycles. The summed E-state index contributed by atoms with van der Waals surface area (Å²) in [5, 5.41) is 6.74. The van der Waals surface area contributed by atoms with Gasteiger partial charge in [0.25, 0.3) is 0 Å². The quantitative estimate of drug-likeness (QED) is 0.626. The first-order chi connectivity index (χ1) is 5.97. The number of pyridine rings is 1. The fourth-order valence-electron chi connectivity index (χ4n) is 1.44. The molecule has 64 valence electrons. The molecule has 1 aromatic heterocycles. The lowest BCUT2D eigenvalue weighted by Gasteiger charge is -2.23. The van der Waals surface area contributed by atoms with Gasteiger partial charge in [0.1, 0.15) is 0 Å². The predicted octanol–water partition coefficient (Wildman–Crippen LogP) is 0.315. The van der Waals surface area contributed by atoms with E-state index in [0.29, 0.717) is 6.04 Å². The van der Waals surface area contributed by atoms with Crippen molar-refractivity contribution in [2.75, 3.05) is 19.6 Å². The lowest BCUT2D eigenvalue weighted by Crippen LogP contribution is -2.42. The van der Waals surface area contributed by atoms with Crippen LogP contribution in [0.25, 0.3) is 0 Å². The van der Waals surface area contributed by atoms with E-state index in [0.717, 1.165) is 25.3 Å². The van der Waals surface area contributed by atoms with E-state index in [-0.39, 0.29) is 0 Å². The Kier molecular flexibility index (Phi) is 2.34. The molecule has 0 saturated carbocycles. The monoisotopic (exact) mass is 163 g/mol. The molecule has 1 atom stereocenters. The number of nitrogens with one attached hydrogen (secondary N) is 2. The molecule has 1 saturated heterocycles. The number of hydrogen-bond acceptors (Lipinski definition) is 3. The molecule has 0 radical (unpaired) electrons. The molecule has 3 nitrogen and oxygen atoms in total. The molecular formula is C9H13N3. The second-order valence-corrected chi connectivity index (χ2v) is 2.97. The molecule has 1 fully saturated rings. The first-order valence-corrected chi connectivity index (χ1v) is 4.32. The van der Waals surface area contributed by atoms with Gasteiger partial charge in [-0.15, -0.1) is 0 Å². The molecule has 2 N–H and O–H groups in total. The van der Waals surface area contributed by atoms with Gasteiger partial charge in [-0.05, 0) is 12.1 Å². The van der Waals surface area contributed by atoms with Gasteiger partial charge in [0, 0.05) is 25.8 Å². The van der Waals surface area contributed by atoms with E-state index in [1.54, 1.807) is 0 Å². The van der Waals surface area contributed by atoms with Crippen LogP contribution in [-0.2, 0) is 0 Å². The lowest BCUT2D eigenvalue weighted by molar-refractivity contribution is 0.423. The third-order valence-corrected chi connectivity index (χ3v) is 2.09. The van der Waals surface area contributed by atoms with E-state index in [1.165, 1.54) is 0 Å². The minimum Gasteiger partial charge on any atom is -0.314 e. The van der Waals surface area contributed by atoms with Crippen LogP contribution in [0.2, 0.25) is 0 Å². The number of piperazine rings is 1. The van der Waals surface area contributed by atoms with Crippen molar-refractivity contribution in [3.63, 3.8) is 0 Å². The highest BCUT2D eigenvalue weighted by Crippen LogP contribution is 2.08. The third-order valence-electron chi connectivity index (χ3n) is 2.09. The molecule has 12 heavy (non-hydrogen) atoms. The largest absolute Gasteiger partial charge is 0.314 e. The number of nitrogens with zero attached hydrogens (tertiary/aromatic N) is 1. The summed E-state index contributed by atoms with van der Waals surface area (Å²) in [7, 11) is 0. The summed E-state index contributed by atoms with van der Waals surface area (Å²) in [6.07, 6.45) is 1.84. The Morgan fingerprint density at radius 3 is 3.00 bits per heavy atom. The van der Waals surface area contributed by atoms with Crippen molar-refractivity contribution in [3.8, 4) is 0 Å². The standard InChI is InChI=1S/C9H13N3/c1-2-4-11-8(3-1)9-7-10-5-6-12-9/h1-4,9-10,12H,5-7H2. The van der Waals surface area contributed by atoms with Gasteiger partial charge >= 0.3 is 0 Å². The smallest absolute Gasteiger partial charge is 0.0622 e. The molecule has 0 aromatic carbocycles. The lowest BCUT2D eigenvalue weighted by atomic mass is 10.1. The van der Waals surface area contributed by atoms with Crippen LogP contribution in [0.15, 0.2) is 24.4 Å². The van der Waals surface area contributed by atoms with Crippen LogP contribution in [0.4, 0.5) is 0 Å². The van der Waals surface area contributed by atoms with E-state index >= 15 is 0 Å². The van der Waals surface area contributed by atoms with Gasteiger partial charge in [-0.1, -0.05) is 6.07 Å². The summed E-state index contributed by atoms with van der Waals surface area (Å²) >= 11 is 0. The first-order valence-electron chi connectivity index (χ1n) is 4.32. The van der Waals surface area contributed by atoms with Crippen LogP contribution in [0.3, 0.4) is 0 Å². The number of aromatic nitrogens is 1. The maximum atomic E-state index is 4.30. The highest BCUT2D eigenvalue weighted by atomic mass is 15.1. The maximum absolute atomic E-state index is 4.30. The van der Waals surface area contributed by atoms with Crippen LogP contribution >= 0.6 is 0 Å². The first kappa shape index (κ1) is 7.71. The summed E-state index contributed by atoms with van der Waals surface area (Å²) in [6, 6.07) is 6.42. The average molecular weight is 163 g/mol. The van der Waals surface area contributed by atoms with Crippen LogP contribution in [0, 0.1) is 0 Å². The van der Waals surface area contributed by atoms with Gasteiger partial charge in [-0.25, -0.2) is 0 Å². The normalized spacial score (nSPS) is 23.8. The summed E-state index contributed by atoms with van der Waals surface area (Å²) in [4.78, 5) is 4.30. The summed E-state index contributed by atoms with van der Waals surface area (Å²) in [5.41, 5.74) is 1.13. The van der Waals surface area contributed by atoms with Crippen molar-refractivity contribution >= 4 is 0 Å². The van der Waals surface area contributed by atoms with Crippen LogP contribution in [-0.4, -0.2) is 24.6 Å². The Labute approximate surface area is 72.2 Å². The van der Waals surface area contributed by atoms with Crippen LogP contribution < -0.4 is 10.6 Å². The van der Waals surface area contributed by atoms with E-state index in [1.807, 2.05) is 18.3 Å². The molecule has 1 aliphatic rings. The molecule has 2 heterocycles. The molecule has 1 unspecified atom stereocenters. The van der Waals surface area contributed by atoms with Gasteiger partial charge < -0.3 is 10.6 Å². The van der Waals surface area contributed by atoms with E-state index < -0.39 is 0 Å². The Hall–Kier alpha value is -0.930. The fourth-order valence-corrected chi connectivity index (χ4v) is 1.44. The maximum Gasteiger partial charge on any atom is 0.0622 e. The fraction of sp³-hybridized carbons (Fsp3) is 0.444. The van der Waals surface area contributed by atoms with Crippen molar-refractivity contribution in [1.29, 1.82) is 0 Å². The molecule has 2 rings (SSSR count). The number of hydrogen-bond donors (Lipinski definition) is 2. The predicted molar refractivity (Wildman–Crippen MR) is 47.9 cm³/mol. The minimum absolute atomic E-state index is 0.389. The zero-order valence-corrected chi connectivity index (χ0v) is 6.96. The van der Waals surface area contributed by atoms with Gasteiger partial charge in [-0.2, -0.15) is 0 Å². The van der Waals surface area contributed by atoms with Crippen LogP contribution in [0.1, 0.15) is 11.7 Å². The van der Waals surface area contributed by atoms with Crippen molar-refractivity contribution in [3.05, 3.63) is 30.1 Å². The Balaban J connectivity index is 2.08. The van der Waals surface area contributed by atoms with Crippen molar-refractivity contribution in [1.82, 2.24) is 15.6 Å². The minimum atomic E-state index is 0.389. The van der Waals surface area contributed by atoms with Crippen LogP contribution in [0.5, 0.6) is 0 Å². The Morgan fingerprint density at radius 1 is 1.33 bits per heavy atom. The SMILES string of the molecule is c1ccc(C2CNCCN2)nc1. The summed E-state index contributed by atoms with van der Waals surface area (Å²) < 4.78 is 0. The van der Waals surface area contributed by atoms with Gasteiger partial charge in [0.2, 0.25) is 0 Å². The Bertz CT molecular complexity index is 229. The molecule has 0 amide bonds. The summed E-state index contributed by atoms with van der Waals surface area (Å²) in [5.74, 6) is 0. The molecular weight excluding hydrogens is 150 g/mol. The molecule has 0 spiro atoms. The topological polar surface area (TPSA) is 37.0 Å². The zero-order valence-electron chi connectivity index (χ0n) is 6.96. The molecule has 0 aliphatic carbocycles. The highest BCUT2D eigenvalue weighted by Gasteiger charge is 2.13. The van der Waals surface area contributed by atoms with Gasteiger partial charge in [-0.3, -0.25) is 4.98 Å². The average Bonchev–Trinajstić information content (AvgIpc) is 2.21. The third kappa shape index (κ3) is 1.62. The molecule has 1 aromatic rings. The molecule has 3 heteroatoms. The van der Waals surface area contributed by atoms with Gasteiger partial charge in [0.05, 0.1) is 11.7 Å². The second kappa shape index (κ2) is 3.65. The van der Waals surface area contributed by atoms with Gasteiger partial charge in [0.15, 0.2) is 0 Å². The number of rotatable bonds is 1. The van der Waals surface area contributed by atoms with E-state index in [4.69, 9.17) is 0 Å². The van der Waals surface area contributed by atoms with Crippen molar-refractivity contribution < 1.29 is 0 Å². The second-order valence-electron chi connectivity index (χ2n) is 2.97. The zero-order chi connectivity index (χ0) is 8.23. The Morgan fingerprint density at radius 2 is 2.33 bits per heavy atom. The van der Waals surface area contributed by atoms with Crippen molar-refractivity contribution in [2.45, 2.75) is 6.04 Å². The highest BCUT2D eigenvalue weighted by molar-refractivity contribution is 5.09. The molecule has 0 bridgehead atoms. The van der Waals surface area contributed by atoms with E-state index in [9.17, 15) is 0 Å².